The molecule has 1 aromatic rings. The van der Waals surface area contributed by atoms with Crippen molar-refractivity contribution in [3.05, 3.63) is 30.6 Å². The van der Waals surface area contributed by atoms with Gasteiger partial charge < -0.3 is 15.5 Å². The number of fused-ring (bicyclic) bond motifs is 1. The number of allylic oxidation sites excluding steroid dienone is 2. The Labute approximate surface area is 124 Å². The Morgan fingerprint density at radius 1 is 1.14 bits per heavy atom. The minimum absolute atomic E-state index is 0.0418. The van der Waals surface area contributed by atoms with E-state index in [1.54, 1.807) is 18.5 Å². The number of carbonyl (C=O) groups excluding carboxylic acids is 1. The lowest BCUT2D eigenvalue weighted by Gasteiger charge is -2.17. The molecule has 3 rings (SSSR count). The highest BCUT2D eigenvalue weighted by Gasteiger charge is 2.34. The molecule has 2 heterocycles. The lowest BCUT2D eigenvalue weighted by Crippen LogP contribution is -2.40. The number of aromatic nitrogens is 2. The third kappa shape index (κ3) is 3.51. The van der Waals surface area contributed by atoms with E-state index >= 15 is 0 Å². The topological polar surface area (TPSA) is 70.1 Å². The average molecular weight is 287 g/mol. The molecule has 1 saturated heterocycles. The van der Waals surface area contributed by atoms with Crippen LogP contribution in [0.5, 0.6) is 0 Å². The van der Waals surface area contributed by atoms with Crippen LogP contribution in [-0.4, -0.2) is 47.1 Å². The Morgan fingerprint density at radius 2 is 1.81 bits per heavy atom. The maximum Gasteiger partial charge on any atom is 0.317 e. The molecular formula is C15H21N5O. The average Bonchev–Trinajstić information content (AvgIpc) is 2.96. The van der Waals surface area contributed by atoms with E-state index in [2.05, 4.69) is 32.8 Å². The molecule has 0 aromatic carbocycles. The summed E-state index contributed by atoms with van der Waals surface area (Å²) in [5.41, 5.74) is 0. The van der Waals surface area contributed by atoms with Crippen LogP contribution in [0.1, 0.15) is 12.8 Å². The van der Waals surface area contributed by atoms with Crippen molar-refractivity contribution in [1.82, 2.24) is 20.2 Å². The van der Waals surface area contributed by atoms with E-state index < -0.39 is 0 Å². The number of carbonyl (C=O) groups is 1. The monoisotopic (exact) mass is 287 g/mol. The molecule has 1 aromatic heterocycles. The van der Waals surface area contributed by atoms with Gasteiger partial charge in [-0.2, -0.15) is 0 Å². The van der Waals surface area contributed by atoms with Crippen LogP contribution in [0.25, 0.3) is 0 Å². The van der Waals surface area contributed by atoms with Gasteiger partial charge in [0.25, 0.3) is 0 Å². The molecule has 2 atom stereocenters. The highest BCUT2D eigenvalue weighted by molar-refractivity contribution is 5.74. The number of nitrogens with one attached hydrogen (secondary N) is 2. The van der Waals surface area contributed by atoms with Crippen LogP contribution in [0, 0.1) is 11.8 Å². The number of rotatable bonds is 4. The number of anilines is 1. The first-order valence-corrected chi connectivity index (χ1v) is 7.51. The number of likely N-dealkylation sites (tertiary alicyclic amines) is 1. The molecule has 0 unspecified atom stereocenters. The third-order valence-corrected chi connectivity index (χ3v) is 4.16. The van der Waals surface area contributed by atoms with Gasteiger partial charge in [-0.05, 0) is 30.7 Å². The van der Waals surface area contributed by atoms with Crippen molar-refractivity contribution in [1.29, 1.82) is 0 Å². The van der Waals surface area contributed by atoms with Crippen LogP contribution in [0.15, 0.2) is 30.6 Å². The Bertz CT molecular complexity index is 488. The number of nitrogens with zero attached hydrogens (tertiary/aromatic N) is 3. The van der Waals surface area contributed by atoms with E-state index in [1.165, 1.54) is 0 Å². The van der Waals surface area contributed by atoms with E-state index in [0.29, 0.717) is 30.9 Å². The van der Waals surface area contributed by atoms with E-state index in [4.69, 9.17) is 0 Å². The zero-order valence-corrected chi connectivity index (χ0v) is 12.0. The second kappa shape index (κ2) is 6.56. The fourth-order valence-electron chi connectivity index (χ4n) is 3.03. The SMILES string of the molecule is O=C(NCCNc1ncccn1)N1C[C@H]2CC=CC[C@H]2C1. The first kappa shape index (κ1) is 13.9. The summed E-state index contributed by atoms with van der Waals surface area (Å²) in [4.78, 5) is 22.2. The van der Waals surface area contributed by atoms with Crippen molar-refractivity contribution >= 4 is 12.0 Å². The first-order valence-electron chi connectivity index (χ1n) is 7.51. The summed E-state index contributed by atoms with van der Waals surface area (Å²) < 4.78 is 0. The molecule has 0 saturated carbocycles. The summed E-state index contributed by atoms with van der Waals surface area (Å²) in [7, 11) is 0. The van der Waals surface area contributed by atoms with E-state index in [0.717, 1.165) is 25.9 Å². The van der Waals surface area contributed by atoms with Crippen molar-refractivity contribution in [3.8, 4) is 0 Å². The lowest BCUT2D eigenvalue weighted by atomic mass is 9.86. The van der Waals surface area contributed by atoms with Gasteiger partial charge in [0, 0.05) is 38.6 Å². The summed E-state index contributed by atoms with van der Waals surface area (Å²) in [6.07, 6.45) is 10.1. The number of amides is 2. The summed E-state index contributed by atoms with van der Waals surface area (Å²) in [5, 5.41) is 6.03. The molecule has 6 heteroatoms. The normalized spacial score (nSPS) is 23.7. The summed E-state index contributed by atoms with van der Waals surface area (Å²) in [5.74, 6) is 1.89. The molecule has 21 heavy (non-hydrogen) atoms. The van der Waals surface area contributed by atoms with Crippen LogP contribution >= 0.6 is 0 Å². The van der Waals surface area contributed by atoms with Gasteiger partial charge >= 0.3 is 6.03 Å². The van der Waals surface area contributed by atoms with Gasteiger partial charge in [0.2, 0.25) is 5.95 Å². The lowest BCUT2D eigenvalue weighted by molar-refractivity contribution is 0.207. The summed E-state index contributed by atoms with van der Waals surface area (Å²) in [6, 6.07) is 1.81. The summed E-state index contributed by atoms with van der Waals surface area (Å²) in [6.45, 7) is 2.96. The Balaban J connectivity index is 1.37. The quantitative estimate of drug-likeness (QED) is 0.650. The molecule has 1 aliphatic carbocycles. The number of hydrogen-bond donors (Lipinski definition) is 2. The molecule has 1 fully saturated rings. The zero-order valence-electron chi connectivity index (χ0n) is 12.0. The maximum atomic E-state index is 12.1. The van der Waals surface area contributed by atoms with Gasteiger partial charge in [0.1, 0.15) is 0 Å². The van der Waals surface area contributed by atoms with Crippen LogP contribution in [0.4, 0.5) is 10.7 Å². The van der Waals surface area contributed by atoms with Crippen molar-refractivity contribution in [2.24, 2.45) is 11.8 Å². The smallest absolute Gasteiger partial charge is 0.317 e. The zero-order chi connectivity index (χ0) is 14.5. The fourth-order valence-corrected chi connectivity index (χ4v) is 3.03. The second-order valence-electron chi connectivity index (χ2n) is 5.60. The Morgan fingerprint density at radius 3 is 2.48 bits per heavy atom. The van der Waals surface area contributed by atoms with Crippen LogP contribution in [-0.2, 0) is 0 Å². The molecule has 2 N–H and O–H groups in total. The molecule has 2 aliphatic rings. The van der Waals surface area contributed by atoms with Crippen molar-refractivity contribution in [3.63, 3.8) is 0 Å². The van der Waals surface area contributed by atoms with E-state index in [9.17, 15) is 4.79 Å². The predicted molar refractivity (Wildman–Crippen MR) is 80.8 cm³/mol. The fraction of sp³-hybridized carbons (Fsp3) is 0.533. The number of urea groups is 1. The van der Waals surface area contributed by atoms with Crippen LogP contribution < -0.4 is 10.6 Å². The molecule has 0 radical (unpaired) electrons. The van der Waals surface area contributed by atoms with Crippen LogP contribution in [0.2, 0.25) is 0 Å². The van der Waals surface area contributed by atoms with Gasteiger partial charge in [0.05, 0.1) is 0 Å². The van der Waals surface area contributed by atoms with Crippen LogP contribution in [0.3, 0.4) is 0 Å². The summed E-state index contributed by atoms with van der Waals surface area (Å²) >= 11 is 0. The molecule has 2 amide bonds. The van der Waals surface area contributed by atoms with Gasteiger partial charge in [-0.15, -0.1) is 0 Å². The predicted octanol–water partition coefficient (Wildman–Crippen LogP) is 1.50. The first-order chi connectivity index (χ1) is 10.3. The van der Waals surface area contributed by atoms with Gasteiger partial charge in [0.15, 0.2) is 0 Å². The maximum absolute atomic E-state index is 12.1. The van der Waals surface area contributed by atoms with Crippen molar-refractivity contribution < 1.29 is 4.79 Å². The minimum Gasteiger partial charge on any atom is -0.352 e. The van der Waals surface area contributed by atoms with Gasteiger partial charge in [-0.3, -0.25) is 0 Å². The number of hydrogen-bond acceptors (Lipinski definition) is 4. The van der Waals surface area contributed by atoms with Crippen molar-refractivity contribution in [2.45, 2.75) is 12.8 Å². The highest BCUT2D eigenvalue weighted by atomic mass is 16.2. The highest BCUT2D eigenvalue weighted by Crippen LogP contribution is 2.32. The van der Waals surface area contributed by atoms with Gasteiger partial charge in [-0.1, -0.05) is 12.2 Å². The Hall–Kier alpha value is -2.11. The second-order valence-corrected chi connectivity index (χ2v) is 5.60. The van der Waals surface area contributed by atoms with Crippen molar-refractivity contribution in [2.75, 3.05) is 31.5 Å². The minimum atomic E-state index is 0.0418. The Kier molecular flexibility index (Phi) is 4.33. The largest absolute Gasteiger partial charge is 0.352 e. The molecule has 6 nitrogen and oxygen atoms in total. The third-order valence-electron chi connectivity index (χ3n) is 4.16. The molecule has 0 bridgehead atoms. The van der Waals surface area contributed by atoms with Gasteiger partial charge in [-0.25, -0.2) is 14.8 Å². The standard InChI is InChI=1S/C15H21N5O/c21-15(19-9-8-18-14-16-6-3-7-17-14)20-10-12-4-1-2-5-13(12)11-20/h1-3,6-7,12-13H,4-5,8-11H2,(H,19,21)(H,16,17,18)/t12-,13+. The molecule has 112 valence electrons. The molecular weight excluding hydrogens is 266 g/mol. The molecule has 1 aliphatic heterocycles. The van der Waals surface area contributed by atoms with E-state index in [1.807, 2.05) is 4.90 Å². The molecule has 0 spiro atoms. The van der Waals surface area contributed by atoms with E-state index in [-0.39, 0.29) is 6.03 Å².